The molecule has 15 heavy (non-hydrogen) atoms. The number of hydrogen-bond acceptors (Lipinski definition) is 3. The van der Waals surface area contributed by atoms with Crippen molar-refractivity contribution in [2.75, 3.05) is 19.8 Å². The highest BCUT2D eigenvalue weighted by atomic mass is 16.5. The first-order valence-electron chi connectivity index (χ1n) is 4.77. The van der Waals surface area contributed by atoms with Crippen LogP contribution < -0.4 is 0 Å². The second-order valence-corrected chi connectivity index (χ2v) is 2.70. The molecule has 0 fully saturated rings. The Morgan fingerprint density at radius 1 is 1.40 bits per heavy atom. The van der Waals surface area contributed by atoms with Crippen LogP contribution >= 0.6 is 0 Å². The van der Waals surface area contributed by atoms with Crippen LogP contribution in [-0.4, -0.2) is 26.0 Å². The van der Waals surface area contributed by atoms with Gasteiger partial charge in [-0.3, -0.25) is 4.99 Å². The molecular formula is C12H23NO2. The molecular weight excluding hydrogens is 190 g/mol. The second kappa shape index (κ2) is 11.0. The molecule has 0 atom stereocenters. The Morgan fingerprint density at radius 2 is 2.07 bits per heavy atom. The van der Waals surface area contributed by atoms with Crippen molar-refractivity contribution in [1.29, 1.82) is 0 Å². The van der Waals surface area contributed by atoms with Gasteiger partial charge in [-0.25, -0.2) is 0 Å². The third-order valence-corrected chi connectivity index (χ3v) is 1.55. The van der Waals surface area contributed by atoms with Crippen LogP contribution in [0.3, 0.4) is 0 Å². The van der Waals surface area contributed by atoms with Crippen LogP contribution in [0.25, 0.3) is 0 Å². The molecule has 0 amide bonds. The maximum absolute atomic E-state index is 5.24. The number of allylic oxidation sites excluding steroid dienone is 3. The maximum atomic E-state index is 5.24. The fourth-order valence-corrected chi connectivity index (χ4v) is 0.662. The van der Waals surface area contributed by atoms with E-state index in [1.54, 1.807) is 6.21 Å². The van der Waals surface area contributed by atoms with E-state index in [0.29, 0.717) is 25.6 Å². The van der Waals surface area contributed by atoms with Crippen molar-refractivity contribution in [2.45, 2.75) is 28.2 Å². The second-order valence-electron chi connectivity index (χ2n) is 2.70. The highest BCUT2D eigenvalue weighted by Crippen LogP contribution is 1.95. The molecule has 0 rings (SSSR count). The Kier molecular flexibility index (Phi) is 12.0. The Bertz CT molecular complexity index is 220. The van der Waals surface area contributed by atoms with E-state index in [1.165, 1.54) is 0 Å². The van der Waals surface area contributed by atoms with Gasteiger partial charge in [0.05, 0.1) is 12.8 Å². The number of aliphatic imine (C=N–C) groups is 1. The Hall–Kier alpha value is -1.09. The quantitative estimate of drug-likeness (QED) is 0.369. The third-order valence-electron chi connectivity index (χ3n) is 1.55. The van der Waals surface area contributed by atoms with Crippen molar-refractivity contribution in [2.24, 2.45) is 4.99 Å². The van der Waals surface area contributed by atoms with Crippen LogP contribution in [0.1, 0.15) is 28.2 Å². The topological polar surface area (TPSA) is 30.8 Å². The molecule has 0 aromatic rings. The zero-order chi connectivity index (χ0) is 10.8. The predicted molar refractivity (Wildman–Crippen MR) is 66.2 cm³/mol. The van der Waals surface area contributed by atoms with E-state index in [4.69, 9.17) is 9.47 Å². The molecule has 0 saturated carbocycles. The smallest absolute Gasteiger partial charge is 0.130 e. The first kappa shape index (κ1) is 16.3. The number of rotatable bonds is 7. The highest BCUT2D eigenvalue weighted by Gasteiger charge is 1.90. The van der Waals surface area contributed by atoms with Crippen molar-refractivity contribution in [3.63, 3.8) is 0 Å². The lowest BCUT2D eigenvalue weighted by Crippen LogP contribution is -2.03. The van der Waals surface area contributed by atoms with Crippen LogP contribution in [0.2, 0.25) is 0 Å². The lowest BCUT2D eigenvalue weighted by molar-refractivity contribution is 0.0891. The van der Waals surface area contributed by atoms with E-state index in [9.17, 15) is 0 Å². The average molecular weight is 213 g/mol. The van der Waals surface area contributed by atoms with Gasteiger partial charge in [-0.2, -0.15) is 0 Å². The van der Waals surface area contributed by atoms with E-state index >= 15 is 0 Å². The standard InChI is InChI=1S/C11H19NO2.CH4/c1-5-10(3)12-9-11(4)14-8-7-13-6-2;/h5,9H,4,6-8H2,1-3H3;1H4/b10-5-,12-9?;. The van der Waals surface area contributed by atoms with Crippen molar-refractivity contribution >= 4 is 6.21 Å². The highest BCUT2D eigenvalue weighted by molar-refractivity contribution is 5.75. The number of hydrogen-bond donors (Lipinski definition) is 0. The molecule has 0 heterocycles. The summed E-state index contributed by atoms with van der Waals surface area (Å²) >= 11 is 0. The summed E-state index contributed by atoms with van der Waals surface area (Å²) in [6, 6.07) is 0. The molecule has 0 aliphatic heterocycles. The summed E-state index contributed by atoms with van der Waals surface area (Å²) in [4.78, 5) is 4.11. The van der Waals surface area contributed by atoms with Crippen molar-refractivity contribution < 1.29 is 9.47 Å². The lowest BCUT2D eigenvalue weighted by Gasteiger charge is -2.04. The van der Waals surface area contributed by atoms with Gasteiger partial charge in [0, 0.05) is 12.3 Å². The minimum Gasteiger partial charge on any atom is -0.490 e. The van der Waals surface area contributed by atoms with Gasteiger partial charge in [0.25, 0.3) is 0 Å². The fraction of sp³-hybridized carbons (Fsp3) is 0.583. The van der Waals surface area contributed by atoms with E-state index in [2.05, 4.69) is 11.6 Å². The van der Waals surface area contributed by atoms with Crippen LogP contribution in [0, 0.1) is 0 Å². The molecule has 0 saturated heterocycles. The van der Waals surface area contributed by atoms with Crippen LogP contribution in [0.5, 0.6) is 0 Å². The predicted octanol–water partition coefficient (Wildman–Crippen LogP) is 3.18. The molecule has 0 N–H and O–H groups in total. The monoisotopic (exact) mass is 213 g/mol. The average Bonchev–Trinajstić information content (AvgIpc) is 2.21. The van der Waals surface area contributed by atoms with Gasteiger partial charge in [0.15, 0.2) is 0 Å². The van der Waals surface area contributed by atoms with Gasteiger partial charge in [-0.05, 0) is 20.8 Å². The molecule has 0 unspecified atom stereocenters. The first-order valence-corrected chi connectivity index (χ1v) is 4.77. The molecule has 0 aliphatic carbocycles. The van der Waals surface area contributed by atoms with Crippen LogP contribution in [0.15, 0.2) is 29.1 Å². The van der Waals surface area contributed by atoms with Gasteiger partial charge in [0.2, 0.25) is 0 Å². The molecule has 0 aromatic carbocycles. The van der Waals surface area contributed by atoms with E-state index in [1.807, 2.05) is 26.8 Å². The zero-order valence-electron chi connectivity index (χ0n) is 9.25. The maximum Gasteiger partial charge on any atom is 0.130 e. The summed E-state index contributed by atoms with van der Waals surface area (Å²) in [5.41, 5.74) is 0.944. The van der Waals surface area contributed by atoms with E-state index < -0.39 is 0 Å². The number of nitrogens with zero attached hydrogens (tertiary/aromatic N) is 1. The largest absolute Gasteiger partial charge is 0.490 e. The van der Waals surface area contributed by atoms with Crippen molar-refractivity contribution in [3.8, 4) is 0 Å². The molecule has 3 nitrogen and oxygen atoms in total. The SMILES string of the molecule is C.C=C(C=N/C(C)=C\C)OCCOCC. The summed E-state index contributed by atoms with van der Waals surface area (Å²) < 4.78 is 10.4. The van der Waals surface area contributed by atoms with Gasteiger partial charge in [-0.15, -0.1) is 0 Å². The van der Waals surface area contributed by atoms with Crippen molar-refractivity contribution in [1.82, 2.24) is 0 Å². The van der Waals surface area contributed by atoms with Gasteiger partial charge in [0.1, 0.15) is 12.4 Å². The third kappa shape index (κ3) is 10.8. The molecule has 88 valence electrons. The van der Waals surface area contributed by atoms with Crippen molar-refractivity contribution in [3.05, 3.63) is 24.1 Å². The van der Waals surface area contributed by atoms with E-state index in [-0.39, 0.29) is 7.43 Å². The minimum atomic E-state index is 0. The lowest BCUT2D eigenvalue weighted by atomic mass is 10.5. The van der Waals surface area contributed by atoms with Gasteiger partial charge in [-0.1, -0.05) is 20.1 Å². The fourth-order valence-electron chi connectivity index (χ4n) is 0.662. The Morgan fingerprint density at radius 3 is 2.60 bits per heavy atom. The molecule has 0 aromatic heterocycles. The molecule has 0 aliphatic rings. The molecule has 3 heteroatoms. The minimum absolute atomic E-state index is 0. The van der Waals surface area contributed by atoms with Gasteiger partial charge < -0.3 is 9.47 Å². The van der Waals surface area contributed by atoms with Crippen LogP contribution in [-0.2, 0) is 9.47 Å². The summed E-state index contributed by atoms with van der Waals surface area (Å²) in [5.74, 6) is 0.561. The summed E-state index contributed by atoms with van der Waals surface area (Å²) in [6.07, 6.45) is 3.53. The first-order chi connectivity index (χ1) is 6.70. The normalized spacial score (nSPS) is 11.3. The Balaban J connectivity index is 0. The summed E-state index contributed by atoms with van der Waals surface area (Å²) in [7, 11) is 0. The zero-order valence-corrected chi connectivity index (χ0v) is 9.25. The van der Waals surface area contributed by atoms with Gasteiger partial charge >= 0.3 is 0 Å². The number of ether oxygens (including phenoxy) is 2. The summed E-state index contributed by atoms with van der Waals surface area (Å²) in [6.45, 7) is 11.3. The summed E-state index contributed by atoms with van der Waals surface area (Å²) in [5, 5.41) is 0. The van der Waals surface area contributed by atoms with Crippen LogP contribution in [0.4, 0.5) is 0 Å². The molecule has 0 radical (unpaired) electrons. The molecule has 0 bridgehead atoms. The van der Waals surface area contributed by atoms with E-state index in [0.717, 1.165) is 5.70 Å². The Labute approximate surface area is 93.5 Å². The molecule has 0 spiro atoms.